The van der Waals surface area contributed by atoms with Gasteiger partial charge in [-0.2, -0.15) is 0 Å². The minimum Gasteiger partial charge on any atom is -0.457 e. The van der Waals surface area contributed by atoms with E-state index in [4.69, 9.17) is 4.42 Å². The Kier molecular flexibility index (Phi) is 4.80. The number of anilines is 2. The molecule has 0 unspecified atom stereocenters. The lowest BCUT2D eigenvalue weighted by Crippen LogP contribution is -2.13. The molecule has 1 aromatic heterocycles. The van der Waals surface area contributed by atoms with E-state index >= 15 is 0 Å². The second-order valence-corrected chi connectivity index (χ2v) is 5.31. The van der Waals surface area contributed by atoms with Crippen LogP contribution in [0.15, 0.2) is 39.6 Å². The predicted octanol–water partition coefficient (Wildman–Crippen LogP) is 3.95. The second kappa shape index (κ2) is 6.58. The van der Waals surface area contributed by atoms with Gasteiger partial charge in [-0.3, -0.25) is 9.59 Å². The molecule has 6 heteroatoms. The first kappa shape index (κ1) is 15.3. The molecule has 2 amide bonds. The van der Waals surface area contributed by atoms with E-state index in [0.29, 0.717) is 28.0 Å². The van der Waals surface area contributed by atoms with Crippen molar-refractivity contribution >= 4 is 39.1 Å². The molecule has 0 radical (unpaired) electrons. The molecule has 2 aromatic rings. The monoisotopic (exact) mass is 350 g/mol. The third kappa shape index (κ3) is 3.95. The maximum atomic E-state index is 12.1. The van der Waals surface area contributed by atoms with Gasteiger partial charge in [-0.05, 0) is 40.5 Å². The Balaban J connectivity index is 2.17. The lowest BCUT2D eigenvalue weighted by Gasteiger charge is -2.10. The largest absolute Gasteiger partial charge is 0.457 e. The van der Waals surface area contributed by atoms with E-state index in [1.165, 1.54) is 6.26 Å². The average molecular weight is 351 g/mol. The minimum atomic E-state index is -0.272. The van der Waals surface area contributed by atoms with Crippen LogP contribution in [0.4, 0.5) is 11.4 Å². The summed E-state index contributed by atoms with van der Waals surface area (Å²) in [5, 5.41) is 5.56. The molecule has 1 aromatic carbocycles. The quantitative estimate of drug-likeness (QED) is 0.876. The van der Waals surface area contributed by atoms with E-state index in [1.54, 1.807) is 25.1 Å². The molecule has 0 aliphatic carbocycles. The molecule has 0 saturated carbocycles. The third-order valence-corrected chi connectivity index (χ3v) is 3.34. The van der Waals surface area contributed by atoms with Gasteiger partial charge in [0, 0.05) is 23.9 Å². The first-order valence-corrected chi connectivity index (χ1v) is 7.24. The summed E-state index contributed by atoms with van der Waals surface area (Å²) in [5.74, 6) is -0.346. The maximum absolute atomic E-state index is 12.1. The average Bonchev–Trinajstić information content (AvgIpc) is 2.89. The summed E-state index contributed by atoms with van der Waals surface area (Å²) < 4.78 is 5.54. The molecule has 110 valence electrons. The zero-order chi connectivity index (χ0) is 15.4. The van der Waals surface area contributed by atoms with E-state index in [0.717, 1.165) is 5.56 Å². The number of halogens is 1. The van der Waals surface area contributed by atoms with Crippen LogP contribution in [0.25, 0.3) is 0 Å². The number of carbonyl (C=O) groups is 2. The fourth-order valence-electron chi connectivity index (χ4n) is 1.71. The van der Waals surface area contributed by atoms with Crippen molar-refractivity contribution in [2.45, 2.75) is 20.3 Å². The first-order chi connectivity index (χ1) is 9.99. The van der Waals surface area contributed by atoms with Crippen LogP contribution in [0.2, 0.25) is 0 Å². The van der Waals surface area contributed by atoms with Gasteiger partial charge >= 0.3 is 0 Å². The van der Waals surface area contributed by atoms with Gasteiger partial charge < -0.3 is 15.1 Å². The summed E-state index contributed by atoms with van der Waals surface area (Å²) in [5.41, 5.74) is 2.62. The lowest BCUT2D eigenvalue weighted by atomic mass is 10.1. The molecule has 0 atom stereocenters. The Hall–Kier alpha value is -2.08. The van der Waals surface area contributed by atoms with Gasteiger partial charge in [-0.15, -0.1) is 0 Å². The van der Waals surface area contributed by atoms with E-state index in [1.807, 2.05) is 13.0 Å². The molecule has 0 bridgehead atoms. The Morgan fingerprint density at radius 1 is 1.24 bits per heavy atom. The lowest BCUT2D eigenvalue weighted by molar-refractivity contribution is -0.115. The van der Waals surface area contributed by atoms with Crippen molar-refractivity contribution in [2.75, 3.05) is 10.6 Å². The smallest absolute Gasteiger partial charge is 0.258 e. The molecule has 1 heterocycles. The van der Waals surface area contributed by atoms with Gasteiger partial charge in [0.05, 0.1) is 5.56 Å². The number of nitrogens with one attached hydrogen (secondary N) is 2. The molecule has 21 heavy (non-hydrogen) atoms. The Bertz CT molecular complexity index is 679. The van der Waals surface area contributed by atoms with Crippen LogP contribution in [0.1, 0.15) is 29.3 Å². The number of hydrogen-bond donors (Lipinski definition) is 2. The summed E-state index contributed by atoms with van der Waals surface area (Å²) >= 11 is 3.15. The van der Waals surface area contributed by atoms with E-state index in [-0.39, 0.29) is 11.8 Å². The van der Waals surface area contributed by atoms with Gasteiger partial charge in [0.2, 0.25) is 5.91 Å². The number of benzene rings is 1. The van der Waals surface area contributed by atoms with Gasteiger partial charge in [0.1, 0.15) is 6.26 Å². The number of furan rings is 1. The zero-order valence-electron chi connectivity index (χ0n) is 11.7. The first-order valence-electron chi connectivity index (χ1n) is 6.45. The van der Waals surface area contributed by atoms with Crippen LogP contribution in [-0.2, 0) is 4.79 Å². The van der Waals surface area contributed by atoms with Crippen molar-refractivity contribution in [2.24, 2.45) is 0 Å². The van der Waals surface area contributed by atoms with Crippen molar-refractivity contribution in [1.82, 2.24) is 0 Å². The van der Waals surface area contributed by atoms with E-state index in [9.17, 15) is 9.59 Å². The normalized spacial score (nSPS) is 10.2. The van der Waals surface area contributed by atoms with Crippen LogP contribution >= 0.6 is 15.9 Å². The summed E-state index contributed by atoms with van der Waals surface area (Å²) in [7, 11) is 0. The van der Waals surface area contributed by atoms with Crippen LogP contribution in [0.5, 0.6) is 0 Å². The van der Waals surface area contributed by atoms with Crippen LogP contribution in [0.3, 0.4) is 0 Å². The molecule has 2 N–H and O–H groups in total. The maximum Gasteiger partial charge on any atom is 0.258 e. The number of carbonyl (C=O) groups excluding carboxylic acids is 2. The summed E-state index contributed by atoms with van der Waals surface area (Å²) in [6.45, 7) is 3.66. The highest BCUT2D eigenvalue weighted by atomic mass is 79.9. The van der Waals surface area contributed by atoms with E-state index < -0.39 is 0 Å². The topological polar surface area (TPSA) is 71.3 Å². The minimum absolute atomic E-state index is 0.0742. The standard InChI is InChI=1S/C15H15BrN2O3/c1-3-14(19)17-11-5-4-9(2)12(7-11)18-15(20)10-6-13(16)21-8-10/h4-8H,3H2,1-2H3,(H,17,19)(H,18,20). The Morgan fingerprint density at radius 2 is 2.00 bits per heavy atom. The highest BCUT2D eigenvalue weighted by Gasteiger charge is 2.11. The van der Waals surface area contributed by atoms with Gasteiger partial charge in [0.15, 0.2) is 4.67 Å². The molecular formula is C15H15BrN2O3. The summed E-state index contributed by atoms with van der Waals surface area (Å²) in [4.78, 5) is 23.5. The summed E-state index contributed by atoms with van der Waals surface area (Å²) in [6, 6.07) is 6.96. The fraction of sp³-hybridized carbons (Fsp3) is 0.200. The van der Waals surface area contributed by atoms with Crippen molar-refractivity contribution in [3.63, 3.8) is 0 Å². The van der Waals surface area contributed by atoms with Crippen molar-refractivity contribution in [3.8, 4) is 0 Å². The Morgan fingerprint density at radius 3 is 2.62 bits per heavy atom. The molecular weight excluding hydrogens is 336 g/mol. The molecule has 0 spiro atoms. The number of rotatable bonds is 4. The van der Waals surface area contributed by atoms with Gasteiger partial charge in [-0.25, -0.2) is 0 Å². The predicted molar refractivity (Wildman–Crippen MR) is 84.5 cm³/mol. The molecule has 0 aliphatic heterocycles. The highest BCUT2D eigenvalue weighted by molar-refractivity contribution is 9.10. The third-order valence-electron chi connectivity index (χ3n) is 2.92. The zero-order valence-corrected chi connectivity index (χ0v) is 13.3. The number of aryl methyl sites for hydroxylation is 1. The van der Waals surface area contributed by atoms with Gasteiger partial charge in [-0.1, -0.05) is 13.0 Å². The van der Waals surface area contributed by atoms with Crippen LogP contribution < -0.4 is 10.6 Å². The van der Waals surface area contributed by atoms with Gasteiger partial charge in [0.25, 0.3) is 5.91 Å². The van der Waals surface area contributed by atoms with E-state index in [2.05, 4.69) is 26.6 Å². The highest BCUT2D eigenvalue weighted by Crippen LogP contribution is 2.22. The summed E-state index contributed by atoms with van der Waals surface area (Å²) in [6.07, 6.45) is 1.77. The van der Waals surface area contributed by atoms with Crippen molar-refractivity contribution in [3.05, 3.63) is 46.3 Å². The van der Waals surface area contributed by atoms with Crippen LogP contribution in [-0.4, -0.2) is 11.8 Å². The molecule has 0 fully saturated rings. The fourth-order valence-corrected chi connectivity index (χ4v) is 2.05. The second-order valence-electron chi connectivity index (χ2n) is 4.53. The molecule has 0 aliphatic rings. The van der Waals surface area contributed by atoms with Crippen LogP contribution in [0, 0.1) is 6.92 Å². The van der Waals surface area contributed by atoms with Crippen molar-refractivity contribution < 1.29 is 14.0 Å². The van der Waals surface area contributed by atoms with Crippen molar-refractivity contribution in [1.29, 1.82) is 0 Å². The number of hydrogen-bond acceptors (Lipinski definition) is 3. The SMILES string of the molecule is CCC(=O)Nc1ccc(C)c(NC(=O)c2coc(Br)c2)c1. The molecule has 0 saturated heterocycles. The number of amides is 2. The Labute approximate surface area is 130 Å². The molecule has 5 nitrogen and oxygen atoms in total. The molecule has 2 rings (SSSR count).